The highest BCUT2D eigenvalue weighted by Crippen LogP contribution is 2.13. The van der Waals surface area contributed by atoms with Crippen LogP contribution in [0.25, 0.3) is 0 Å². The summed E-state index contributed by atoms with van der Waals surface area (Å²) in [5.74, 6) is 0.896. The Labute approximate surface area is 109 Å². The van der Waals surface area contributed by atoms with E-state index in [2.05, 4.69) is 22.2 Å². The van der Waals surface area contributed by atoms with E-state index in [-0.39, 0.29) is 0 Å². The first-order valence-electron chi connectivity index (χ1n) is 6.16. The van der Waals surface area contributed by atoms with Crippen LogP contribution in [0.2, 0.25) is 0 Å². The summed E-state index contributed by atoms with van der Waals surface area (Å²) >= 11 is 0. The minimum Gasteiger partial charge on any atom is -0.492 e. The molecule has 4 heteroatoms. The molecule has 0 saturated carbocycles. The van der Waals surface area contributed by atoms with Crippen molar-refractivity contribution in [3.05, 3.63) is 29.8 Å². The van der Waals surface area contributed by atoms with Crippen LogP contribution in [-0.4, -0.2) is 43.1 Å². The summed E-state index contributed by atoms with van der Waals surface area (Å²) in [5, 5.41) is 11.7. The molecule has 1 aromatic carbocycles. The van der Waals surface area contributed by atoms with Crippen molar-refractivity contribution in [2.45, 2.75) is 19.8 Å². The Bertz CT molecular complexity index is 372. The summed E-state index contributed by atoms with van der Waals surface area (Å²) in [6, 6.07) is 8.07. The number of nitrogens with zero attached hydrogens (tertiary/aromatic N) is 2. The zero-order chi connectivity index (χ0) is 13.4. The van der Waals surface area contributed by atoms with Gasteiger partial charge in [0.25, 0.3) is 0 Å². The second-order valence-electron chi connectivity index (χ2n) is 4.63. The second-order valence-corrected chi connectivity index (χ2v) is 4.63. The molecule has 0 aliphatic rings. The maximum Gasteiger partial charge on any atom is 0.119 e. The van der Waals surface area contributed by atoms with Crippen LogP contribution < -0.4 is 4.74 Å². The first kappa shape index (κ1) is 14.5. The zero-order valence-electron chi connectivity index (χ0n) is 11.4. The van der Waals surface area contributed by atoms with Crippen LogP contribution in [0.15, 0.2) is 29.4 Å². The molecule has 0 radical (unpaired) electrons. The molecule has 0 amide bonds. The third-order valence-electron chi connectivity index (χ3n) is 2.68. The number of ether oxygens (including phenoxy) is 1. The third kappa shape index (κ3) is 5.68. The van der Waals surface area contributed by atoms with Crippen molar-refractivity contribution in [3.8, 4) is 5.75 Å². The normalized spacial score (nSPS) is 11.9. The standard InChI is InChI=1S/C14H22N2O2/c1-12(15-17)4-5-13-6-8-14(9-7-13)18-11-10-16(2)3/h6-9,17H,4-5,10-11H2,1-3H3/b15-12+. The molecule has 0 fully saturated rings. The molecule has 0 unspecified atom stereocenters. The zero-order valence-corrected chi connectivity index (χ0v) is 11.4. The Morgan fingerprint density at radius 1 is 1.28 bits per heavy atom. The molecule has 100 valence electrons. The minimum absolute atomic E-state index is 0.697. The van der Waals surface area contributed by atoms with E-state index in [1.54, 1.807) is 0 Å². The molecule has 1 rings (SSSR count). The molecule has 0 bridgehead atoms. The average molecular weight is 250 g/mol. The number of aryl methyl sites for hydroxylation is 1. The van der Waals surface area contributed by atoms with Crippen LogP contribution in [0.4, 0.5) is 0 Å². The predicted molar refractivity (Wildman–Crippen MR) is 73.7 cm³/mol. The number of hydrogen-bond donors (Lipinski definition) is 1. The van der Waals surface area contributed by atoms with Crippen LogP contribution in [0.1, 0.15) is 18.9 Å². The van der Waals surface area contributed by atoms with Gasteiger partial charge in [0, 0.05) is 6.54 Å². The van der Waals surface area contributed by atoms with Gasteiger partial charge in [0.1, 0.15) is 12.4 Å². The molecule has 18 heavy (non-hydrogen) atoms. The molecule has 0 spiro atoms. The van der Waals surface area contributed by atoms with Crippen molar-refractivity contribution in [2.75, 3.05) is 27.2 Å². The molecule has 0 heterocycles. The van der Waals surface area contributed by atoms with Crippen molar-refractivity contribution in [1.82, 2.24) is 4.90 Å². The van der Waals surface area contributed by atoms with Gasteiger partial charge in [-0.05, 0) is 51.6 Å². The van der Waals surface area contributed by atoms with Gasteiger partial charge in [0.05, 0.1) is 5.71 Å². The lowest BCUT2D eigenvalue weighted by Crippen LogP contribution is -2.19. The summed E-state index contributed by atoms with van der Waals surface area (Å²) in [6.07, 6.45) is 1.66. The SMILES string of the molecule is C/C(CCc1ccc(OCCN(C)C)cc1)=N\O. The van der Waals surface area contributed by atoms with Gasteiger partial charge in [-0.15, -0.1) is 0 Å². The predicted octanol–water partition coefficient (Wildman–Crippen LogP) is 2.41. The number of likely N-dealkylation sites (N-methyl/N-ethyl adjacent to an activating group) is 1. The van der Waals surface area contributed by atoms with E-state index in [0.717, 1.165) is 30.8 Å². The van der Waals surface area contributed by atoms with E-state index >= 15 is 0 Å². The Kier molecular flexibility index (Phi) is 6.22. The van der Waals surface area contributed by atoms with Crippen LogP contribution in [0.5, 0.6) is 5.75 Å². The van der Waals surface area contributed by atoms with Gasteiger partial charge in [-0.25, -0.2) is 0 Å². The van der Waals surface area contributed by atoms with Gasteiger partial charge in [-0.1, -0.05) is 17.3 Å². The quantitative estimate of drug-likeness (QED) is 0.459. The van der Waals surface area contributed by atoms with Gasteiger partial charge in [0.15, 0.2) is 0 Å². The number of rotatable bonds is 7. The molecular formula is C14H22N2O2. The molecule has 0 saturated heterocycles. The first-order valence-corrected chi connectivity index (χ1v) is 6.16. The molecule has 0 aromatic heterocycles. The van der Waals surface area contributed by atoms with Gasteiger partial charge in [-0.2, -0.15) is 0 Å². The lowest BCUT2D eigenvalue weighted by atomic mass is 10.1. The minimum atomic E-state index is 0.697. The molecule has 0 atom stereocenters. The van der Waals surface area contributed by atoms with Crippen LogP contribution in [0.3, 0.4) is 0 Å². The third-order valence-corrected chi connectivity index (χ3v) is 2.68. The van der Waals surface area contributed by atoms with E-state index in [9.17, 15) is 0 Å². The summed E-state index contributed by atoms with van der Waals surface area (Å²) in [6.45, 7) is 3.43. The smallest absolute Gasteiger partial charge is 0.119 e. The highest BCUT2D eigenvalue weighted by atomic mass is 16.5. The van der Waals surface area contributed by atoms with E-state index in [1.165, 1.54) is 5.56 Å². The number of benzene rings is 1. The monoisotopic (exact) mass is 250 g/mol. The first-order chi connectivity index (χ1) is 8.61. The van der Waals surface area contributed by atoms with Crippen LogP contribution in [0, 0.1) is 0 Å². The van der Waals surface area contributed by atoms with Crippen molar-refractivity contribution in [1.29, 1.82) is 0 Å². The van der Waals surface area contributed by atoms with Gasteiger partial charge >= 0.3 is 0 Å². The van der Waals surface area contributed by atoms with Crippen molar-refractivity contribution in [2.24, 2.45) is 5.16 Å². The molecule has 4 nitrogen and oxygen atoms in total. The fourth-order valence-corrected chi connectivity index (χ4v) is 1.47. The summed E-state index contributed by atoms with van der Waals surface area (Å²) < 4.78 is 5.61. The van der Waals surface area contributed by atoms with Crippen LogP contribution in [-0.2, 0) is 6.42 Å². The Hall–Kier alpha value is -1.55. The fourth-order valence-electron chi connectivity index (χ4n) is 1.47. The largest absolute Gasteiger partial charge is 0.492 e. The molecule has 1 N–H and O–H groups in total. The summed E-state index contributed by atoms with van der Waals surface area (Å²) in [5.41, 5.74) is 1.97. The van der Waals surface area contributed by atoms with Gasteiger partial charge in [-0.3, -0.25) is 0 Å². The van der Waals surface area contributed by atoms with Crippen LogP contribution >= 0.6 is 0 Å². The number of hydrogen-bond acceptors (Lipinski definition) is 4. The number of oxime groups is 1. The maximum absolute atomic E-state index is 8.56. The van der Waals surface area contributed by atoms with Gasteiger partial charge < -0.3 is 14.8 Å². The fraction of sp³-hybridized carbons (Fsp3) is 0.500. The van der Waals surface area contributed by atoms with Crippen molar-refractivity contribution in [3.63, 3.8) is 0 Å². The maximum atomic E-state index is 8.56. The highest BCUT2D eigenvalue weighted by molar-refractivity contribution is 5.81. The second kappa shape index (κ2) is 7.71. The van der Waals surface area contributed by atoms with Gasteiger partial charge in [0.2, 0.25) is 0 Å². The van der Waals surface area contributed by atoms with E-state index < -0.39 is 0 Å². The Morgan fingerprint density at radius 2 is 1.94 bits per heavy atom. The summed E-state index contributed by atoms with van der Waals surface area (Å²) in [7, 11) is 4.05. The van der Waals surface area contributed by atoms with Crippen molar-refractivity contribution < 1.29 is 9.94 Å². The topological polar surface area (TPSA) is 45.1 Å². The Balaban J connectivity index is 2.37. The van der Waals surface area contributed by atoms with E-state index in [4.69, 9.17) is 9.94 Å². The van der Waals surface area contributed by atoms with E-state index in [0.29, 0.717) is 6.61 Å². The van der Waals surface area contributed by atoms with Crippen molar-refractivity contribution >= 4 is 5.71 Å². The average Bonchev–Trinajstić information content (AvgIpc) is 2.37. The molecular weight excluding hydrogens is 228 g/mol. The molecule has 1 aromatic rings. The Morgan fingerprint density at radius 3 is 2.50 bits per heavy atom. The highest BCUT2D eigenvalue weighted by Gasteiger charge is 1.98. The molecule has 0 aliphatic carbocycles. The summed E-state index contributed by atoms with van der Waals surface area (Å²) in [4.78, 5) is 2.09. The lowest BCUT2D eigenvalue weighted by Gasteiger charge is -2.11. The lowest BCUT2D eigenvalue weighted by molar-refractivity contribution is 0.261. The van der Waals surface area contributed by atoms with E-state index in [1.807, 2.05) is 33.2 Å². The molecule has 0 aliphatic heterocycles.